The number of rotatable bonds is 5. The van der Waals surface area contributed by atoms with Crippen LogP contribution in [-0.4, -0.2) is 21.6 Å². The van der Waals surface area contributed by atoms with Crippen LogP contribution in [0.15, 0.2) is 48.8 Å². The molecule has 1 fully saturated rings. The molecule has 1 aliphatic carbocycles. The van der Waals surface area contributed by atoms with Gasteiger partial charge in [0.25, 0.3) is 0 Å². The number of aliphatic hydroxyl groups is 1. The van der Waals surface area contributed by atoms with Crippen molar-refractivity contribution >= 4 is 5.91 Å². The highest BCUT2D eigenvalue weighted by atomic mass is 19.1. The van der Waals surface area contributed by atoms with Crippen molar-refractivity contribution in [1.82, 2.24) is 10.3 Å². The lowest BCUT2D eigenvalue weighted by Crippen LogP contribution is -2.39. The number of halogens is 1. The molecule has 1 aromatic carbocycles. The summed E-state index contributed by atoms with van der Waals surface area (Å²) in [5.74, 6) is -0.529. The molecule has 0 radical (unpaired) electrons. The zero-order valence-corrected chi connectivity index (χ0v) is 14.1. The fourth-order valence-electron chi connectivity index (χ4n) is 3.46. The van der Waals surface area contributed by atoms with Crippen molar-refractivity contribution in [2.75, 3.05) is 0 Å². The van der Waals surface area contributed by atoms with Crippen LogP contribution in [0.2, 0.25) is 0 Å². The molecular weight excluding hydrogens is 319 g/mol. The van der Waals surface area contributed by atoms with Gasteiger partial charge in [0.15, 0.2) is 0 Å². The second kappa shape index (κ2) is 7.74. The molecule has 2 N–H and O–H groups in total. The van der Waals surface area contributed by atoms with Gasteiger partial charge in [-0.15, -0.1) is 0 Å². The first-order valence-corrected chi connectivity index (χ1v) is 8.73. The van der Waals surface area contributed by atoms with E-state index < -0.39 is 11.6 Å². The predicted octanol–water partition coefficient (Wildman–Crippen LogP) is 3.51. The summed E-state index contributed by atoms with van der Waals surface area (Å²) < 4.78 is 13.2. The Hall–Kier alpha value is -2.27. The van der Waals surface area contributed by atoms with E-state index in [-0.39, 0.29) is 18.1 Å². The molecule has 1 atom stereocenters. The van der Waals surface area contributed by atoms with E-state index in [2.05, 4.69) is 10.3 Å². The smallest absolute Gasteiger partial charge is 0.223 e. The lowest BCUT2D eigenvalue weighted by Gasteiger charge is -2.32. The highest BCUT2D eigenvalue weighted by molar-refractivity contribution is 5.78. The molecule has 1 aliphatic rings. The summed E-state index contributed by atoms with van der Waals surface area (Å²) >= 11 is 0. The number of amides is 1. The number of aromatic nitrogens is 1. The topological polar surface area (TPSA) is 62.2 Å². The van der Waals surface area contributed by atoms with Gasteiger partial charge in [0.2, 0.25) is 5.91 Å². The van der Waals surface area contributed by atoms with Crippen molar-refractivity contribution in [1.29, 1.82) is 0 Å². The molecule has 4 nitrogen and oxygen atoms in total. The SMILES string of the molecule is O=C(CC1(O)CCCCC1)N[C@@H](c1ccc(F)cc1)c1cccnc1. The Morgan fingerprint density at radius 2 is 1.88 bits per heavy atom. The van der Waals surface area contributed by atoms with Crippen LogP contribution in [-0.2, 0) is 4.79 Å². The Balaban J connectivity index is 1.77. The Morgan fingerprint density at radius 1 is 1.16 bits per heavy atom. The summed E-state index contributed by atoms with van der Waals surface area (Å²) in [4.78, 5) is 16.7. The van der Waals surface area contributed by atoms with Crippen LogP contribution in [0.4, 0.5) is 4.39 Å². The summed E-state index contributed by atoms with van der Waals surface area (Å²) in [6.45, 7) is 0. The van der Waals surface area contributed by atoms with Gasteiger partial charge in [-0.1, -0.05) is 37.5 Å². The fraction of sp³-hybridized carbons (Fsp3) is 0.400. The minimum Gasteiger partial charge on any atom is -0.389 e. The van der Waals surface area contributed by atoms with E-state index >= 15 is 0 Å². The Bertz CT molecular complexity index is 697. The number of pyridine rings is 1. The van der Waals surface area contributed by atoms with Gasteiger partial charge in [-0.2, -0.15) is 0 Å². The van der Waals surface area contributed by atoms with Gasteiger partial charge in [0.1, 0.15) is 5.82 Å². The predicted molar refractivity (Wildman–Crippen MR) is 93.3 cm³/mol. The number of carbonyl (C=O) groups excluding carboxylic acids is 1. The standard InChI is InChI=1S/C20H23FN2O2/c21-17-8-6-15(7-9-17)19(16-5-4-12-22-14-16)23-18(24)13-20(25)10-2-1-3-11-20/h4-9,12,14,19,25H,1-3,10-11,13H2,(H,23,24)/t19-/m0/s1. The van der Waals surface area contributed by atoms with E-state index in [1.165, 1.54) is 12.1 Å². The molecule has 5 heteroatoms. The summed E-state index contributed by atoms with van der Waals surface area (Å²) in [5, 5.41) is 13.6. The molecule has 1 heterocycles. The highest BCUT2D eigenvalue weighted by Gasteiger charge is 2.32. The maximum atomic E-state index is 13.2. The summed E-state index contributed by atoms with van der Waals surface area (Å²) in [6, 6.07) is 9.31. The number of benzene rings is 1. The molecule has 1 amide bonds. The first-order chi connectivity index (χ1) is 12.1. The fourth-order valence-corrected chi connectivity index (χ4v) is 3.46. The van der Waals surface area contributed by atoms with Crippen LogP contribution in [0.25, 0.3) is 0 Å². The monoisotopic (exact) mass is 342 g/mol. The Kier molecular flexibility index (Phi) is 5.43. The third kappa shape index (κ3) is 4.63. The van der Waals surface area contributed by atoms with Crippen LogP contribution in [0, 0.1) is 5.82 Å². The van der Waals surface area contributed by atoms with Gasteiger partial charge in [0, 0.05) is 12.4 Å². The number of hydrogen-bond acceptors (Lipinski definition) is 3. The van der Waals surface area contributed by atoms with Gasteiger partial charge < -0.3 is 10.4 Å². The van der Waals surface area contributed by atoms with E-state index in [4.69, 9.17) is 0 Å². The zero-order chi connectivity index (χ0) is 17.7. The summed E-state index contributed by atoms with van der Waals surface area (Å²) in [6.07, 6.45) is 7.77. The molecule has 0 unspecified atom stereocenters. The molecule has 1 aromatic heterocycles. The van der Waals surface area contributed by atoms with Gasteiger partial charge in [0.05, 0.1) is 18.1 Å². The van der Waals surface area contributed by atoms with E-state index in [1.54, 1.807) is 30.6 Å². The van der Waals surface area contributed by atoms with Crippen molar-refractivity contribution < 1.29 is 14.3 Å². The van der Waals surface area contributed by atoms with E-state index in [9.17, 15) is 14.3 Å². The lowest BCUT2D eigenvalue weighted by atomic mass is 9.82. The van der Waals surface area contributed by atoms with E-state index in [0.29, 0.717) is 12.8 Å². The van der Waals surface area contributed by atoms with E-state index in [1.807, 2.05) is 6.07 Å². The first kappa shape index (κ1) is 17.5. The summed E-state index contributed by atoms with van der Waals surface area (Å²) in [7, 11) is 0. The van der Waals surface area contributed by atoms with Crippen molar-refractivity contribution in [2.24, 2.45) is 0 Å². The molecule has 0 saturated heterocycles. The Labute approximate surface area is 147 Å². The zero-order valence-electron chi connectivity index (χ0n) is 14.1. The van der Waals surface area contributed by atoms with Crippen LogP contribution in [0.3, 0.4) is 0 Å². The van der Waals surface area contributed by atoms with Crippen LogP contribution in [0.5, 0.6) is 0 Å². The van der Waals surface area contributed by atoms with Crippen LogP contribution in [0.1, 0.15) is 55.7 Å². The van der Waals surface area contributed by atoms with Crippen LogP contribution < -0.4 is 5.32 Å². The van der Waals surface area contributed by atoms with Crippen molar-refractivity contribution in [3.8, 4) is 0 Å². The molecule has 2 aromatic rings. The van der Waals surface area contributed by atoms with Gasteiger partial charge in [-0.25, -0.2) is 4.39 Å². The molecule has 132 valence electrons. The number of carbonyl (C=O) groups is 1. The molecule has 0 bridgehead atoms. The average Bonchev–Trinajstić information content (AvgIpc) is 2.61. The molecule has 25 heavy (non-hydrogen) atoms. The quantitative estimate of drug-likeness (QED) is 0.874. The largest absolute Gasteiger partial charge is 0.389 e. The molecular formula is C20H23FN2O2. The van der Waals surface area contributed by atoms with Gasteiger partial charge >= 0.3 is 0 Å². The normalized spacial score (nSPS) is 17.7. The van der Waals surface area contributed by atoms with E-state index in [0.717, 1.165) is 30.4 Å². The second-order valence-electron chi connectivity index (χ2n) is 6.80. The number of hydrogen-bond donors (Lipinski definition) is 2. The van der Waals surface area contributed by atoms with Crippen molar-refractivity contribution in [2.45, 2.75) is 50.2 Å². The highest BCUT2D eigenvalue weighted by Crippen LogP contribution is 2.31. The third-order valence-corrected chi connectivity index (χ3v) is 4.80. The van der Waals surface area contributed by atoms with Crippen LogP contribution >= 0.6 is 0 Å². The lowest BCUT2D eigenvalue weighted by molar-refractivity contribution is -0.128. The maximum absolute atomic E-state index is 13.2. The first-order valence-electron chi connectivity index (χ1n) is 8.73. The number of nitrogens with zero attached hydrogens (tertiary/aromatic N) is 1. The van der Waals surface area contributed by atoms with Gasteiger partial charge in [-0.3, -0.25) is 9.78 Å². The molecule has 0 spiro atoms. The molecule has 0 aliphatic heterocycles. The molecule has 1 saturated carbocycles. The van der Waals surface area contributed by atoms with Crippen molar-refractivity contribution in [3.63, 3.8) is 0 Å². The maximum Gasteiger partial charge on any atom is 0.223 e. The third-order valence-electron chi connectivity index (χ3n) is 4.80. The Morgan fingerprint density at radius 3 is 2.52 bits per heavy atom. The van der Waals surface area contributed by atoms with Crippen molar-refractivity contribution in [3.05, 3.63) is 65.7 Å². The summed E-state index contributed by atoms with van der Waals surface area (Å²) in [5.41, 5.74) is 0.682. The number of nitrogens with one attached hydrogen (secondary N) is 1. The van der Waals surface area contributed by atoms with Gasteiger partial charge in [-0.05, 0) is 42.2 Å². The average molecular weight is 342 g/mol. The molecule has 3 rings (SSSR count). The second-order valence-corrected chi connectivity index (χ2v) is 6.80. The minimum atomic E-state index is -0.912. The minimum absolute atomic E-state index is 0.0883.